The van der Waals surface area contributed by atoms with Gasteiger partial charge in [-0.05, 0) is 31.7 Å². The first-order valence-corrected chi connectivity index (χ1v) is 5.10. The van der Waals surface area contributed by atoms with Gasteiger partial charge in [-0.2, -0.15) is 0 Å². The van der Waals surface area contributed by atoms with Crippen LogP contribution in [0.2, 0.25) is 0 Å². The van der Waals surface area contributed by atoms with Gasteiger partial charge in [0.2, 0.25) is 0 Å². The van der Waals surface area contributed by atoms with Crippen LogP contribution in [0.25, 0.3) is 0 Å². The van der Waals surface area contributed by atoms with Crippen molar-refractivity contribution < 1.29 is 1.43 Å². The van der Waals surface area contributed by atoms with Crippen molar-refractivity contribution in [3.8, 4) is 0 Å². The largest absolute Gasteiger partial charge is 0.314 e. The Kier molecular flexibility index (Phi) is 3.92. The zero-order chi connectivity index (χ0) is 8.10. The minimum atomic E-state index is 0. The highest BCUT2D eigenvalue weighted by Crippen LogP contribution is 2.21. The lowest BCUT2D eigenvalue weighted by Crippen LogP contribution is -2.37. The molecule has 0 aromatic rings. The van der Waals surface area contributed by atoms with Gasteiger partial charge in [-0.1, -0.05) is 26.7 Å². The fourth-order valence-electron chi connectivity index (χ4n) is 2.08. The number of piperidine rings is 1. The highest BCUT2D eigenvalue weighted by molar-refractivity contribution is 4.76. The van der Waals surface area contributed by atoms with Crippen LogP contribution in [0, 0.1) is 5.92 Å². The van der Waals surface area contributed by atoms with E-state index in [1.165, 1.54) is 38.6 Å². The fraction of sp³-hybridized carbons (Fsp3) is 1.00. The quantitative estimate of drug-likeness (QED) is 0.664. The highest BCUT2D eigenvalue weighted by atomic mass is 14.9. The van der Waals surface area contributed by atoms with Crippen molar-refractivity contribution in [2.24, 2.45) is 5.92 Å². The van der Waals surface area contributed by atoms with Crippen molar-refractivity contribution in [2.75, 3.05) is 6.54 Å². The van der Waals surface area contributed by atoms with Gasteiger partial charge in [-0.15, -0.1) is 0 Å². The van der Waals surface area contributed by atoms with E-state index in [-0.39, 0.29) is 1.43 Å². The number of rotatable bonds is 3. The molecular weight excluding hydrogens is 134 g/mol. The summed E-state index contributed by atoms with van der Waals surface area (Å²) < 4.78 is 0. The molecule has 2 atom stereocenters. The molecule has 0 spiro atoms. The van der Waals surface area contributed by atoms with Crippen LogP contribution in [0.1, 0.15) is 47.4 Å². The van der Waals surface area contributed by atoms with Crippen molar-refractivity contribution in [2.45, 2.75) is 52.0 Å². The van der Waals surface area contributed by atoms with Crippen molar-refractivity contribution in [1.82, 2.24) is 5.32 Å². The van der Waals surface area contributed by atoms with Crippen LogP contribution < -0.4 is 5.32 Å². The smallest absolute Gasteiger partial charge is 0.00670 e. The molecule has 0 unspecified atom stereocenters. The predicted octanol–water partition coefficient (Wildman–Crippen LogP) is 2.81. The first kappa shape index (κ1) is 9.05. The normalized spacial score (nSPS) is 32.2. The Labute approximate surface area is 72.1 Å². The SMILES string of the molecule is CCC[C@@H]1CCN[C@H](CC)C1.[HH]. The zero-order valence-electron chi connectivity index (χ0n) is 7.90. The number of hydrogen-bond acceptors (Lipinski definition) is 1. The third-order valence-electron chi connectivity index (χ3n) is 2.79. The van der Waals surface area contributed by atoms with Crippen molar-refractivity contribution in [3.05, 3.63) is 0 Å². The van der Waals surface area contributed by atoms with Crippen LogP contribution in [0.3, 0.4) is 0 Å². The van der Waals surface area contributed by atoms with E-state index in [1.54, 1.807) is 0 Å². The molecule has 0 aliphatic carbocycles. The summed E-state index contributed by atoms with van der Waals surface area (Å²) in [7, 11) is 0. The Bertz CT molecular complexity index is 104. The summed E-state index contributed by atoms with van der Waals surface area (Å²) in [5, 5.41) is 3.56. The van der Waals surface area contributed by atoms with Gasteiger partial charge in [0.1, 0.15) is 0 Å². The molecule has 68 valence electrons. The zero-order valence-corrected chi connectivity index (χ0v) is 7.90. The predicted molar refractivity (Wildman–Crippen MR) is 51.8 cm³/mol. The van der Waals surface area contributed by atoms with E-state index in [4.69, 9.17) is 0 Å². The molecule has 1 heterocycles. The Morgan fingerprint density at radius 2 is 2.27 bits per heavy atom. The molecule has 0 amide bonds. The molecule has 0 radical (unpaired) electrons. The molecule has 1 heteroatoms. The molecule has 1 saturated heterocycles. The standard InChI is InChI=1S/C10H21N.H2/c1-3-5-9-6-7-11-10(4-2)8-9;/h9-11H,3-8H2,1-2H3;1H/t9-,10-;/m1./s1. The van der Waals surface area contributed by atoms with E-state index in [1.807, 2.05) is 0 Å². The molecule has 0 bridgehead atoms. The first-order valence-electron chi connectivity index (χ1n) is 5.10. The molecule has 1 aliphatic rings. The maximum Gasteiger partial charge on any atom is 0.00670 e. The fourth-order valence-corrected chi connectivity index (χ4v) is 2.08. The molecule has 11 heavy (non-hydrogen) atoms. The summed E-state index contributed by atoms with van der Waals surface area (Å²) in [5.74, 6) is 1.02. The third kappa shape index (κ3) is 2.82. The Balaban J connectivity index is 0.00000121. The molecular formula is C10H23N. The first-order chi connectivity index (χ1) is 5.36. The molecule has 1 fully saturated rings. The minimum absolute atomic E-state index is 0. The molecule has 1 N–H and O–H groups in total. The maximum absolute atomic E-state index is 3.56. The second kappa shape index (κ2) is 4.76. The summed E-state index contributed by atoms with van der Waals surface area (Å²) in [5.41, 5.74) is 0. The third-order valence-corrected chi connectivity index (χ3v) is 2.79. The highest BCUT2D eigenvalue weighted by Gasteiger charge is 2.18. The monoisotopic (exact) mass is 157 g/mol. The van der Waals surface area contributed by atoms with Crippen molar-refractivity contribution in [3.63, 3.8) is 0 Å². The van der Waals surface area contributed by atoms with E-state index >= 15 is 0 Å². The van der Waals surface area contributed by atoms with Crippen LogP contribution in [-0.2, 0) is 0 Å². The van der Waals surface area contributed by atoms with Crippen molar-refractivity contribution >= 4 is 0 Å². The second-order valence-corrected chi connectivity index (χ2v) is 3.74. The summed E-state index contributed by atoms with van der Waals surface area (Å²) >= 11 is 0. The molecule has 0 aromatic carbocycles. The molecule has 1 nitrogen and oxygen atoms in total. The van der Waals surface area contributed by atoms with Crippen molar-refractivity contribution in [1.29, 1.82) is 0 Å². The molecule has 1 rings (SSSR count). The Hall–Kier alpha value is -0.0400. The Morgan fingerprint density at radius 1 is 1.45 bits per heavy atom. The summed E-state index contributed by atoms with van der Waals surface area (Å²) in [4.78, 5) is 0. The van der Waals surface area contributed by atoms with Crippen LogP contribution in [0.4, 0.5) is 0 Å². The topological polar surface area (TPSA) is 12.0 Å². The summed E-state index contributed by atoms with van der Waals surface area (Å²) in [6.45, 7) is 5.83. The van der Waals surface area contributed by atoms with E-state index in [9.17, 15) is 0 Å². The molecule has 1 aliphatic heterocycles. The lowest BCUT2D eigenvalue weighted by atomic mass is 9.88. The van der Waals surface area contributed by atoms with Gasteiger partial charge in [0.15, 0.2) is 0 Å². The maximum atomic E-state index is 3.56. The Morgan fingerprint density at radius 3 is 2.91 bits per heavy atom. The average Bonchev–Trinajstić information content (AvgIpc) is 2.06. The summed E-state index contributed by atoms with van der Waals surface area (Å²) in [6, 6.07) is 0.820. The van der Waals surface area contributed by atoms with Gasteiger partial charge in [-0.25, -0.2) is 0 Å². The summed E-state index contributed by atoms with van der Waals surface area (Å²) in [6.07, 6.45) is 6.94. The number of hydrogen-bond donors (Lipinski definition) is 1. The average molecular weight is 157 g/mol. The molecule has 0 saturated carbocycles. The second-order valence-electron chi connectivity index (χ2n) is 3.74. The van der Waals surface area contributed by atoms with E-state index in [2.05, 4.69) is 19.2 Å². The van der Waals surface area contributed by atoms with Gasteiger partial charge in [0, 0.05) is 7.47 Å². The lowest BCUT2D eigenvalue weighted by Gasteiger charge is -2.29. The lowest BCUT2D eigenvalue weighted by molar-refractivity contribution is 0.282. The van der Waals surface area contributed by atoms with Gasteiger partial charge >= 0.3 is 0 Å². The van der Waals surface area contributed by atoms with Crippen LogP contribution in [0.15, 0.2) is 0 Å². The van der Waals surface area contributed by atoms with E-state index in [0.29, 0.717) is 0 Å². The minimum Gasteiger partial charge on any atom is -0.314 e. The van der Waals surface area contributed by atoms with Gasteiger partial charge in [0.05, 0.1) is 0 Å². The van der Waals surface area contributed by atoms with Gasteiger partial charge in [-0.3, -0.25) is 0 Å². The molecule has 0 aromatic heterocycles. The van der Waals surface area contributed by atoms with Crippen LogP contribution in [-0.4, -0.2) is 12.6 Å². The van der Waals surface area contributed by atoms with E-state index in [0.717, 1.165) is 12.0 Å². The number of nitrogens with one attached hydrogen (secondary N) is 1. The van der Waals surface area contributed by atoms with E-state index < -0.39 is 0 Å². The van der Waals surface area contributed by atoms with Crippen LogP contribution >= 0.6 is 0 Å². The van der Waals surface area contributed by atoms with Gasteiger partial charge in [0.25, 0.3) is 0 Å². The van der Waals surface area contributed by atoms with Crippen LogP contribution in [0.5, 0.6) is 0 Å². The van der Waals surface area contributed by atoms with Gasteiger partial charge < -0.3 is 5.32 Å².